The fourth-order valence-corrected chi connectivity index (χ4v) is 3.03. The number of hydrogen-bond acceptors (Lipinski definition) is 4. The largest absolute Gasteiger partial charge is 0.321 e. The first-order valence-electron chi connectivity index (χ1n) is 6.24. The molecule has 0 atom stereocenters. The van der Waals surface area contributed by atoms with Crippen LogP contribution in [0.1, 0.15) is 10.4 Å². The van der Waals surface area contributed by atoms with E-state index in [9.17, 15) is 4.79 Å². The number of amides is 1. The molecule has 8 heteroatoms. The molecule has 1 N–H and O–H groups in total. The van der Waals surface area contributed by atoms with Gasteiger partial charge in [0, 0.05) is 6.20 Å². The van der Waals surface area contributed by atoms with Gasteiger partial charge in [-0.05, 0) is 30.5 Å². The number of pyridine rings is 1. The quantitative estimate of drug-likeness (QED) is 0.723. The van der Waals surface area contributed by atoms with Gasteiger partial charge in [-0.3, -0.25) is 9.20 Å². The van der Waals surface area contributed by atoms with Crippen LogP contribution in [0.25, 0.3) is 5.65 Å². The molecule has 3 rings (SSSR count). The van der Waals surface area contributed by atoms with E-state index in [-0.39, 0.29) is 11.5 Å². The molecular weight excluding hydrogens is 343 g/mol. The topological polar surface area (TPSA) is 59.3 Å². The molecule has 0 unspecified atom stereocenters. The number of benzene rings is 1. The first-order valence-corrected chi connectivity index (χ1v) is 8.22. The van der Waals surface area contributed by atoms with Crippen LogP contribution in [-0.4, -0.2) is 26.8 Å². The fourth-order valence-electron chi connectivity index (χ4n) is 1.99. The number of carbonyl (C=O) groups excluding carboxylic acids is 1. The molecule has 0 aliphatic carbocycles. The predicted octanol–water partition coefficient (Wildman–Crippen LogP) is 4.01. The van der Waals surface area contributed by atoms with Crippen LogP contribution < -0.4 is 5.32 Å². The minimum atomic E-state index is -0.367. The smallest absolute Gasteiger partial charge is 0.258 e. The van der Waals surface area contributed by atoms with Crippen molar-refractivity contribution in [1.29, 1.82) is 0 Å². The summed E-state index contributed by atoms with van der Waals surface area (Å²) < 4.78 is 1.80. The van der Waals surface area contributed by atoms with Crippen molar-refractivity contribution in [3.05, 3.63) is 52.1 Å². The molecule has 1 amide bonds. The van der Waals surface area contributed by atoms with Crippen molar-refractivity contribution in [2.75, 3.05) is 11.6 Å². The molecule has 0 aliphatic rings. The molecule has 0 bridgehead atoms. The van der Waals surface area contributed by atoms with Gasteiger partial charge in [0.1, 0.15) is 0 Å². The van der Waals surface area contributed by atoms with Crippen LogP contribution in [0.5, 0.6) is 0 Å². The van der Waals surface area contributed by atoms with Crippen molar-refractivity contribution >= 4 is 52.2 Å². The van der Waals surface area contributed by atoms with Crippen LogP contribution in [0.2, 0.25) is 10.0 Å². The molecule has 0 radical (unpaired) electrons. The second-order valence-electron chi connectivity index (χ2n) is 4.38. The SMILES string of the molecule is CSc1nnc2ccc(NC(=O)c3c(Cl)cccc3Cl)cn12. The number of rotatable bonds is 3. The van der Waals surface area contributed by atoms with Crippen LogP contribution in [0.4, 0.5) is 5.69 Å². The molecule has 5 nitrogen and oxygen atoms in total. The summed E-state index contributed by atoms with van der Waals surface area (Å²) in [4.78, 5) is 12.4. The van der Waals surface area contributed by atoms with Crippen LogP contribution in [0, 0.1) is 0 Å². The van der Waals surface area contributed by atoms with Crippen molar-refractivity contribution in [3.8, 4) is 0 Å². The minimum Gasteiger partial charge on any atom is -0.321 e. The third-order valence-corrected chi connectivity index (χ3v) is 4.27. The van der Waals surface area contributed by atoms with E-state index in [1.807, 2.05) is 6.26 Å². The van der Waals surface area contributed by atoms with Gasteiger partial charge in [-0.1, -0.05) is 41.0 Å². The average molecular weight is 353 g/mol. The molecular formula is C14H10Cl2N4OS. The molecule has 0 saturated carbocycles. The predicted molar refractivity (Wildman–Crippen MR) is 89.2 cm³/mol. The van der Waals surface area contributed by atoms with Gasteiger partial charge in [0.05, 0.1) is 21.3 Å². The molecule has 2 aromatic heterocycles. The fraction of sp³-hybridized carbons (Fsp3) is 0.0714. The Balaban J connectivity index is 1.94. The van der Waals surface area contributed by atoms with E-state index in [0.717, 1.165) is 5.16 Å². The number of aromatic nitrogens is 3. The van der Waals surface area contributed by atoms with E-state index in [1.54, 1.807) is 40.9 Å². The van der Waals surface area contributed by atoms with E-state index >= 15 is 0 Å². The first-order chi connectivity index (χ1) is 10.6. The molecule has 0 spiro atoms. The van der Waals surface area contributed by atoms with Gasteiger partial charge >= 0.3 is 0 Å². The molecule has 1 aromatic carbocycles. The van der Waals surface area contributed by atoms with E-state index in [2.05, 4.69) is 15.5 Å². The zero-order valence-electron chi connectivity index (χ0n) is 11.4. The lowest BCUT2D eigenvalue weighted by Crippen LogP contribution is -2.13. The summed E-state index contributed by atoms with van der Waals surface area (Å²) in [5.74, 6) is -0.367. The second kappa shape index (κ2) is 6.16. The maximum atomic E-state index is 12.4. The lowest BCUT2D eigenvalue weighted by molar-refractivity contribution is 0.102. The molecule has 112 valence electrons. The highest BCUT2D eigenvalue weighted by molar-refractivity contribution is 7.98. The average Bonchev–Trinajstić information content (AvgIpc) is 2.89. The van der Waals surface area contributed by atoms with Gasteiger partial charge < -0.3 is 5.32 Å². The Morgan fingerprint density at radius 3 is 2.59 bits per heavy atom. The van der Waals surface area contributed by atoms with Crippen molar-refractivity contribution in [3.63, 3.8) is 0 Å². The normalized spacial score (nSPS) is 10.9. The maximum Gasteiger partial charge on any atom is 0.258 e. The number of hydrogen-bond donors (Lipinski definition) is 1. The monoisotopic (exact) mass is 352 g/mol. The van der Waals surface area contributed by atoms with Crippen molar-refractivity contribution < 1.29 is 4.79 Å². The van der Waals surface area contributed by atoms with E-state index in [0.29, 0.717) is 21.4 Å². The van der Waals surface area contributed by atoms with Gasteiger partial charge in [0.25, 0.3) is 5.91 Å². The summed E-state index contributed by atoms with van der Waals surface area (Å²) in [6.07, 6.45) is 3.66. The molecule has 2 heterocycles. The van der Waals surface area contributed by atoms with Crippen LogP contribution >= 0.6 is 35.0 Å². The Labute approximate surface area is 140 Å². The van der Waals surface area contributed by atoms with E-state index in [1.165, 1.54) is 11.8 Å². The third kappa shape index (κ3) is 2.77. The number of thioether (sulfide) groups is 1. The molecule has 0 aliphatic heterocycles. The minimum absolute atomic E-state index is 0.250. The number of anilines is 1. The Bertz CT molecular complexity index is 845. The summed E-state index contributed by atoms with van der Waals surface area (Å²) in [6, 6.07) is 8.46. The zero-order chi connectivity index (χ0) is 15.7. The van der Waals surface area contributed by atoms with Gasteiger partial charge in [0.15, 0.2) is 10.8 Å². The summed E-state index contributed by atoms with van der Waals surface area (Å²) in [5, 5.41) is 12.2. The Kier molecular flexibility index (Phi) is 4.24. The van der Waals surface area contributed by atoms with E-state index < -0.39 is 0 Å². The standard InChI is InChI=1S/C14H10Cl2N4OS/c1-22-14-19-18-11-6-5-8(7-20(11)14)17-13(21)12-9(15)3-2-4-10(12)16/h2-7H,1H3,(H,17,21). The number of nitrogens with one attached hydrogen (secondary N) is 1. The highest BCUT2D eigenvalue weighted by atomic mass is 35.5. The second-order valence-corrected chi connectivity index (χ2v) is 5.97. The zero-order valence-corrected chi connectivity index (χ0v) is 13.7. The Morgan fingerprint density at radius 2 is 1.91 bits per heavy atom. The Hall–Kier alpha value is -1.76. The van der Waals surface area contributed by atoms with Crippen molar-refractivity contribution in [1.82, 2.24) is 14.6 Å². The van der Waals surface area contributed by atoms with E-state index in [4.69, 9.17) is 23.2 Å². The highest BCUT2D eigenvalue weighted by Gasteiger charge is 2.15. The van der Waals surface area contributed by atoms with Gasteiger partial charge in [-0.15, -0.1) is 10.2 Å². The van der Waals surface area contributed by atoms with Gasteiger partial charge in [-0.25, -0.2) is 0 Å². The van der Waals surface area contributed by atoms with Gasteiger partial charge in [-0.2, -0.15) is 0 Å². The van der Waals surface area contributed by atoms with Crippen molar-refractivity contribution in [2.45, 2.75) is 5.16 Å². The maximum absolute atomic E-state index is 12.4. The number of nitrogens with zero attached hydrogens (tertiary/aromatic N) is 3. The molecule has 3 aromatic rings. The Morgan fingerprint density at radius 1 is 1.18 bits per heavy atom. The number of fused-ring (bicyclic) bond motifs is 1. The lowest BCUT2D eigenvalue weighted by atomic mass is 10.2. The number of halogens is 2. The summed E-state index contributed by atoms with van der Waals surface area (Å²) in [7, 11) is 0. The summed E-state index contributed by atoms with van der Waals surface area (Å²) >= 11 is 13.6. The molecule has 0 fully saturated rings. The summed E-state index contributed by atoms with van der Waals surface area (Å²) in [6.45, 7) is 0. The van der Waals surface area contributed by atoms with Crippen molar-refractivity contribution in [2.24, 2.45) is 0 Å². The van der Waals surface area contributed by atoms with Crippen LogP contribution in [-0.2, 0) is 0 Å². The number of carbonyl (C=O) groups is 1. The molecule has 22 heavy (non-hydrogen) atoms. The lowest BCUT2D eigenvalue weighted by Gasteiger charge is -2.09. The third-order valence-electron chi connectivity index (χ3n) is 3.00. The highest BCUT2D eigenvalue weighted by Crippen LogP contribution is 2.25. The van der Waals surface area contributed by atoms with Gasteiger partial charge in [0.2, 0.25) is 0 Å². The first kappa shape index (κ1) is 15.1. The molecule has 0 saturated heterocycles. The summed E-state index contributed by atoms with van der Waals surface area (Å²) in [5.41, 5.74) is 1.56. The van der Waals surface area contributed by atoms with Crippen LogP contribution in [0.3, 0.4) is 0 Å². The van der Waals surface area contributed by atoms with Crippen LogP contribution in [0.15, 0.2) is 41.7 Å².